The molecule has 0 aliphatic heterocycles. The zero-order valence-corrected chi connectivity index (χ0v) is 15.1. The Kier molecular flexibility index (Phi) is 6.29. The van der Waals surface area contributed by atoms with Crippen molar-refractivity contribution >= 4 is 5.69 Å². The predicted octanol–water partition coefficient (Wildman–Crippen LogP) is 6.49. The zero-order valence-electron chi connectivity index (χ0n) is 15.1. The van der Waals surface area contributed by atoms with Gasteiger partial charge in [-0.25, -0.2) is 0 Å². The molecule has 3 aromatic carbocycles. The summed E-state index contributed by atoms with van der Waals surface area (Å²) in [5.41, 5.74) is 1.81. The van der Waals surface area contributed by atoms with Gasteiger partial charge in [-0.15, -0.1) is 5.11 Å². The van der Waals surface area contributed by atoms with Gasteiger partial charge in [-0.2, -0.15) is 5.11 Å². The van der Waals surface area contributed by atoms with Crippen molar-refractivity contribution in [1.29, 1.82) is 0 Å². The quantitative estimate of drug-likeness (QED) is 0.340. The van der Waals surface area contributed by atoms with E-state index in [0.717, 1.165) is 29.7 Å². The lowest BCUT2D eigenvalue weighted by atomic mass is 9.95. The molecule has 132 valence electrons. The van der Waals surface area contributed by atoms with Gasteiger partial charge in [0.1, 0.15) is 0 Å². The Morgan fingerprint density at radius 1 is 0.731 bits per heavy atom. The van der Waals surface area contributed by atoms with Crippen LogP contribution in [-0.2, 0) is 10.5 Å². The lowest BCUT2D eigenvalue weighted by molar-refractivity contribution is -0.0183. The second-order valence-corrected chi connectivity index (χ2v) is 6.11. The topological polar surface area (TPSA) is 34.0 Å². The standard InChI is InChI=1S/C23H24N2O/c1-2-3-19-26-23(20-13-7-4-8-14-20,21-15-9-5-10-16-21)25-24-22-17-11-6-12-18-22/h4-18H,2-3,19H2,1H3. The Morgan fingerprint density at radius 2 is 1.23 bits per heavy atom. The minimum absolute atomic E-state index is 0.619. The highest BCUT2D eigenvalue weighted by Gasteiger charge is 2.35. The van der Waals surface area contributed by atoms with Gasteiger partial charge >= 0.3 is 0 Å². The van der Waals surface area contributed by atoms with Crippen LogP contribution in [0.1, 0.15) is 30.9 Å². The van der Waals surface area contributed by atoms with E-state index in [-0.39, 0.29) is 0 Å². The smallest absolute Gasteiger partial charge is 0.231 e. The molecular formula is C23H24N2O. The lowest BCUT2D eigenvalue weighted by Gasteiger charge is -2.30. The van der Waals surface area contributed by atoms with Crippen LogP contribution in [0.15, 0.2) is 101 Å². The first-order valence-corrected chi connectivity index (χ1v) is 9.08. The average molecular weight is 344 g/mol. The van der Waals surface area contributed by atoms with Crippen molar-refractivity contribution in [2.45, 2.75) is 25.5 Å². The van der Waals surface area contributed by atoms with Gasteiger partial charge in [-0.05, 0) is 18.6 Å². The molecule has 0 spiro atoms. The Bertz CT molecular complexity index is 762. The third-order valence-corrected chi connectivity index (χ3v) is 4.20. The van der Waals surface area contributed by atoms with E-state index < -0.39 is 5.72 Å². The first-order chi connectivity index (χ1) is 12.8. The average Bonchev–Trinajstić information content (AvgIpc) is 2.73. The van der Waals surface area contributed by atoms with Crippen LogP contribution in [0, 0.1) is 0 Å². The van der Waals surface area contributed by atoms with Crippen LogP contribution in [0.25, 0.3) is 0 Å². The van der Waals surface area contributed by atoms with Crippen LogP contribution in [0.2, 0.25) is 0 Å². The SMILES string of the molecule is CCCCOC(N=Nc1ccccc1)(c1ccccc1)c1ccccc1. The number of benzene rings is 3. The molecule has 0 atom stereocenters. The number of nitrogens with zero attached hydrogens (tertiary/aromatic N) is 2. The summed E-state index contributed by atoms with van der Waals surface area (Å²) in [6.45, 7) is 2.77. The first-order valence-electron chi connectivity index (χ1n) is 9.08. The van der Waals surface area contributed by atoms with E-state index in [9.17, 15) is 0 Å². The molecule has 26 heavy (non-hydrogen) atoms. The van der Waals surface area contributed by atoms with Gasteiger partial charge in [0.05, 0.1) is 12.3 Å². The van der Waals surface area contributed by atoms with Crippen molar-refractivity contribution < 1.29 is 4.74 Å². The minimum Gasteiger partial charge on any atom is -0.345 e. The van der Waals surface area contributed by atoms with Gasteiger partial charge in [0, 0.05) is 11.1 Å². The van der Waals surface area contributed by atoms with Gasteiger partial charge in [-0.3, -0.25) is 0 Å². The molecule has 0 aliphatic rings. The molecule has 0 radical (unpaired) electrons. The Labute approximate surface area is 155 Å². The number of rotatable bonds is 8. The molecule has 0 N–H and O–H groups in total. The monoisotopic (exact) mass is 344 g/mol. The maximum absolute atomic E-state index is 6.40. The second kappa shape index (κ2) is 9.07. The van der Waals surface area contributed by atoms with E-state index in [1.54, 1.807) is 0 Å². The van der Waals surface area contributed by atoms with Crippen molar-refractivity contribution in [3.63, 3.8) is 0 Å². The molecule has 0 fully saturated rings. The molecule has 3 aromatic rings. The van der Waals surface area contributed by atoms with E-state index in [4.69, 9.17) is 9.85 Å². The Hall–Kier alpha value is -2.78. The van der Waals surface area contributed by atoms with Crippen LogP contribution >= 0.6 is 0 Å². The van der Waals surface area contributed by atoms with E-state index in [1.165, 1.54) is 0 Å². The number of hydrogen-bond acceptors (Lipinski definition) is 3. The fourth-order valence-corrected chi connectivity index (χ4v) is 2.79. The van der Waals surface area contributed by atoms with E-state index in [0.29, 0.717) is 6.61 Å². The molecule has 0 heterocycles. The van der Waals surface area contributed by atoms with Crippen LogP contribution < -0.4 is 0 Å². The molecule has 0 unspecified atom stereocenters. The van der Waals surface area contributed by atoms with Gasteiger partial charge in [0.2, 0.25) is 5.72 Å². The summed E-state index contributed by atoms with van der Waals surface area (Å²) in [7, 11) is 0. The van der Waals surface area contributed by atoms with Crippen LogP contribution in [0.3, 0.4) is 0 Å². The molecule has 0 saturated carbocycles. The highest BCUT2D eigenvalue weighted by atomic mass is 16.5. The van der Waals surface area contributed by atoms with Gasteiger partial charge in [0.25, 0.3) is 0 Å². The highest BCUT2D eigenvalue weighted by molar-refractivity contribution is 5.38. The van der Waals surface area contributed by atoms with Crippen LogP contribution in [0.4, 0.5) is 5.69 Å². The van der Waals surface area contributed by atoms with Crippen molar-refractivity contribution in [3.05, 3.63) is 102 Å². The molecule has 0 bridgehead atoms. The summed E-state index contributed by atoms with van der Waals surface area (Å²) in [5, 5.41) is 9.25. The molecular weight excluding hydrogens is 320 g/mol. The van der Waals surface area contributed by atoms with Crippen LogP contribution in [0.5, 0.6) is 0 Å². The van der Waals surface area contributed by atoms with E-state index in [1.807, 2.05) is 91.0 Å². The second-order valence-electron chi connectivity index (χ2n) is 6.11. The fourth-order valence-electron chi connectivity index (χ4n) is 2.79. The largest absolute Gasteiger partial charge is 0.345 e. The number of ether oxygens (including phenoxy) is 1. The normalized spacial score (nSPS) is 11.7. The number of azo groups is 1. The van der Waals surface area contributed by atoms with E-state index >= 15 is 0 Å². The minimum atomic E-state index is -0.951. The molecule has 3 rings (SSSR count). The number of unbranched alkanes of at least 4 members (excludes halogenated alkanes) is 1. The summed E-state index contributed by atoms with van der Waals surface area (Å²) in [6.07, 6.45) is 2.04. The van der Waals surface area contributed by atoms with Gasteiger partial charge in [-0.1, -0.05) is 92.2 Å². The zero-order chi connectivity index (χ0) is 18.1. The van der Waals surface area contributed by atoms with Crippen molar-refractivity contribution in [1.82, 2.24) is 0 Å². The number of hydrogen-bond donors (Lipinski definition) is 0. The van der Waals surface area contributed by atoms with Gasteiger partial charge < -0.3 is 4.74 Å². The Balaban J connectivity index is 2.09. The highest BCUT2D eigenvalue weighted by Crippen LogP contribution is 2.37. The molecule has 0 saturated heterocycles. The summed E-state index contributed by atoms with van der Waals surface area (Å²) >= 11 is 0. The first kappa shape index (κ1) is 18.0. The molecule has 0 aliphatic carbocycles. The van der Waals surface area contributed by atoms with Crippen molar-refractivity contribution in [2.24, 2.45) is 10.2 Å². The third kappa shape index (κ3) is 4.24. The third-order valence-electron chi connectivity index (χ3n) is 4.20. The van der Waals surface area contributed by atoms with Crippen molar-refractivity contribution in [2.75, 3.05) is 6.61 Å². The maximum Gasteiger partial charge on any atom is 0.231 e. The maximum atomic E-state index is 6.40. The molecule has 3 heteroatoms. The Morgan fingerprint density at radius 3 is 1.73 bits per heavy atom. The predicted molar refractivity (Wildman–Crippen MR) is 105 cm³/mol. The fraction of sp³-hybridized carbons (Fsp3) is 0.217. The molecule has 0 amide bonds. The molecule has 3 nitrogen and oxygen atoms in total. The molecule has 0 aromatic heterocycles. The van der Waals surface area contributed by atoms with Gasteiger partial charge in [0.15, 0.2) is 0 Å². The summed E-state index contributed by atoms with van der Waals surface area (Å²) in [5.74, 6) is 0. The lowest BCUT2D eigenvalue weighted by Crippen LogP contribution is -2.29. The van der Waals surface area contributed by atoms with Crippen LogP contribution in [-0.4, -0.2) is 6.61 Å². The summed E-state index contributed by atoms with van der Waals surface area (Å²) in [6, 6.07) is 30.0. The van der Waals surface area contributed by atoms with Crippen molar-refractivity contribution in [3.8, 4) is 0 Å². The summed E-state index contributed by atoms with van der Waals surface area (Å²) < 4.78 is 6.40. The summed E-state index contributed by atoms with van der Waals surface area (Å²) in [4.78, 5) is 0. The van der Waals surface area contributed by atoms with E-state index in [2.05, 4.69) is 12.0 Å².